The van der Waals surface area contributed by atoms with E-state index in [4.69, 9.17) is 4.74 Å². The van der Waals surface area contributed by atoms with E-state index in [-0.39, 0.29) is 25.2 Å². The molecule has 1 aromatic heterocycles. The fraction of sp³-hybridized carbons (Fsp3) is 0.385. The number of fused-ring (bicyclic) bond motifs is 3. The average molecular weight is 379 g/mol. The molecule has 2 heterocycles. The fourth-order valence-corrected chi connectivity index (χ4v) is 5.15. The molecule has 2 aromatic rings. The van der Waals surface area contributed by atoms with E-state index in [0.29, 0.717) is 0 Å². The van der Waals surface area contributed by atoms with Crippen LogP contribution in [-0.2, 0) is 4.75 Å². The van der Waals surface area contributed by atoms with Gasteiger partial charge >= 0.3 is 130 Å². The molecule has 0 spiro atoms. The number of ether oxygens (including phenoxy) is 1. The van der Waals surface area contributed by atoms with Crippen molar-refractivity contribution in [1.29, 1.82) is 0 Å². The number of alkyl halides is 3. The average Bonchev–Trinajstić information content (AvgIpc) is 2.85. The predicted octanol–water partition coefficient (Wildman–Crippen LogP) is 3.48. The van der Waals surface area contributed by atoms with Crippen molar-refractivity contribution in [3.63, 3.8) is 0 Å². The van der Waals surface area contributed by atoms with Gasteiger partial charge < -0.3 is 0 Å². The molecule has 1 aromatic carbocycles. The number of hydrogen-bond acceptors (Lipinski definition) is 4. The fourth-order valence-electron chi connectivity index (χ4n) is 2.12. The van der Waals surface area contributed by atoms with Crippen LogP contribution >= 0.6 is 11.8 Å². The van der Waals surface area contributed by atoms with Crippen molar-refractivity contribution < 1.29 is 17.9 Å². The number of aromatic nitrogens is 2. The van der Waals surface area contributed by atoms with Gasteiger partial charge in [-0.1, -0.05) is 0 Å². The van der Waals surface area contributed by atoms with Crippen molar-refractivity contribution in [3.05, 3.63) is 22.6 Å². The first kappa shape index (κ1) is 14.9. The molecule has 3 rings (SSSR count). The van der Waals surface area contributed by atoms with Gasteiger partial charge in [0.1, 0.15) is 0 Å². The van der Waals surface area contributed by atoms with Crippen LogP contribution in [0.3, 0.4) is 0 Å². The van der Waals surface area contributed by atoms with Crippen molar-refractivity contribution in [2.75, 3.05) is 6.61 Å². The molecule has 0 bridgehead atoms. The first-order chi connectivity index (χ1) is 9.76. The third-order valence-electron chi connectivity index (χ3n) is 3.01. The Bertz CT molecular complexity index is 684. The van der Waals surface area contributed by atoms with Crippen LogP contribution in [-0.4, -0.2) is 36.7 Å². The van der Waals surface area contributed by atoms with E-state index in [1.807, 2.05) is 0 Å². The molecule has 1 aliphatic heterocycles. The summed E-state index contributed by atoms with van der Waals surface area (Å²) in [5.41, 5.74) is 1.80. The third-order valence-corrected chi connectivity index (χ3v) is 6.78. The number of halogens is 3. The van der Waals surface area contributed by atoms with Gasteiger partial charge in [-0.15, -0.1) is 0 Å². The van der Waals surface area contributed by atoms with Crippen LogP contribution in [0.4, 0.5) is 13.2 Å². The van der Waals surface area contributed by atoms with Crippen LogP contribution < -0.4 is 4.74 Å². The van der Waals surface area contributed by atoms with Crippen LogP contribution in [0.25, 0.3) is 11.3 Å². The zero-order valence-corrected chi connectivity index (χ0v) is 13.7. The van der Waals surface area contributed by atoms with Gasteiger partial charge in [0.15, 0.2) is 0 Å². The maximum absolute atomic E-state index is 12.2. The molecule has 0 aliphatic carbocycles. The van der Waals surface area contributed by atoms with Gasteiger partial charge in [-0.05, 0) is 0 Å². The van der Waals surface area contributed by atoms with Gasteiger partial charge in [0.25, 0.3) is 0 Å². The first-order valence-electron chi connectivity index (χ1n) is 6.12. The summed E-state index contributed by atoms with van der Waals surface area (Å²) in [4.78, 5) is 0.884. The second-order valence-electron chi connectivity index (χ2n) is 5.12. The Morgan fingerprint density at radius 3 is 2.81 bits per heavy atom. The van der Waals surface area contributed by atoms with Crippen LogP contribution in [0.1, 0.15) is 18.3 Å². The Balaban J connectivity index is 1.94. The molecule has 0 atom stereocenters. The number of hydrogen-bond donors (Lipinski definition) is 0. The Labute approximate surface area is 129 Å². The second kappa shape index (κ2) is 5.04. The zero-order chi connectivity index (χ0) is 15.3. The third kappa shape index (κ3) is 2.98. The van der Waals surface area contributed by atoms with Gasteiger partial charge in [-0.3, -0.25) is 0 Å². The monoisotopic (exact) mass is 380 g/mol. The van der Waals surface area contributed by atoms with E-state index < -0.39 is 12.8 Å². The summed E-state index contributed by atoms with van der Waals surface area (Å²) in [6.07, 6.45) is -4.33. The molecule has 0 saturated heterocycles. The van der Waals surface area contributed by atoms with Crippen LogP contribution in [0.5, 0.6) is 5.75 Å². The Morgan fingerprint density at radius 1 is 1.33 bits per heavy atom. The minimum absolute atomic E-state index is 0.00891. The summed E-state index contributed by atoms with van der Waals surface area (Å²) < 4.78 is 46.7. The summed E-state index contributed by atoms with van der Waals surface area (Å²) in [5, 5.41) is 4.21. The predicted molar refractivity (Wildman–Crippen MR) is 74.8 cm³/mol. The van der Waals surface area contributed by atoms with Gasteiger partial charge in [-0.25, -0.2) is 0 Å². The molecule has 21 heavy (non-hydrogen) atoms. The number of benzene rings is 1. The summed E-state index contributed by atoms with van der Waals surface area (Å²) in [6.45, 7) is 2.88. The van der Waals surface area contributed by atoms with Gasteiger partial charge in [0, 0.05) is 0 Å². The topological polar surface area (TPSA) is 35.0 Å². The summed E-state index contributed by atoms with van der Waals surface area (Å²) >= 11 is 1.62. The van der Waals surface area contributed by atoms with Gasteiger partial charge in [0.2, 0.25) is 0 Å². The normalized spacial score (nSPS) is 16.2. The summed E-state index contributed by atoms with van der Waals surface area (Å²) in [6, 6.07) is 4.96. The number of thioether (sulfide) groups is 1. The van der Waals surface area contributed by atoms with Crippen molar-refractivity contribution in [2.24, 2.45) is 0 Å². The van der Waals surface area contributed by atoms with E-state index in [1.54, 1.807) is 30.0 Å². The molecule has 0 N–H and O–H groups in total. The van der Waals surface area contributed by atoms with Gasteiger partial charge in [0.05, 0.1) is 0 Å². The second-order valence-corrected chi connectivity index (χ2v) is 8.37. The molecule has 0 fully saturated rings. The SMILES string of the molecule is CC1(C)Sc2cc(OCC(F)(F)F)ccc2-c2nn[se]c21. The Morgan fingerprint density at radius 2 is 2.10 bits per heavy atom. The van der Waals surface area contributed by atoms with Crippen molar-refractivity contribution in [3.8, 4) is 17.0 Å². The molecule has 0 saturated carbocycles. The van der Waals surface area contributed by atoms with Crippen LogP contribution in [0, 0.1) is 0 Å². The first-order valence-corrected chi connectivity index (χ1v) is 8.56. The zero-order valence-electron chi connectivity index (χ0n) is 11.2. The molecule has 8 heteroatoms. The van der Waals surface area contributed by atoms with Crippen LogP contribution in [0.15, 0.2) is 23.1 Å². The molecule has 3 nitrogen and oxygen atoms in total. The molecule has 0 unspecified atom stereocenters. The summed E-state index contributed by atoms with van der Waals surface area (Å²) in [7, 11) is 0. The van der Waals surface area contributed by atoms with E-state index in [0.717, 1.165) is 16.2 Å². The minimum atomic E-state index is -4.33. The van der Waals surface area contributed by atoms with E-state index in [2.05, 4.69) is 23.0 Å². The molecular weight excluding hydrogens is 368 g/mol. The summed E-state index contributed by atoms with van der Waals surface area (Å²) in [5.74, 6) is 0.221. The van der Waals surface area contributed by atoms with E-state index in [1.165, 1.54) is 4.44 Å². The maximum atomic E-state index is 12.2. The Hall–Kier alpha value is -0.981. The Kier molecular flexibility index (Phi) is 3.58. The molecule has 0 radical (unpaired) electrons. The van der Waals surface area contributed by atoms with Gasteiger partial charge in [-0.2, -0.15) is 0 Å². The quantitative estimate of drug-likeness (QED) is 0.749. The molecular formula is C13H11F3N2OSSe. The molecule has 1 aliphatic rings. The molecule has 112 valence electrons. The van der Waals surface area contributed by atoms with Crippen molar-refractivity contribution in [1.82, 2.24) is 9.19 Å². The van der Waals surface area contributed by atoms with Crippen LogP contribution in [0.2, 0.25) is 0 Å². The van der Waals surface area contributed by atoms with Crippen molar-refractivity contribution >= 4 is 26.5 Å². The number of rotatable bonds is 2. The number of nitrogens with zero attached hydrogens (tertiary/aromatic N) is 2. The van der Waals surface area contributed by atoms with E-state index >= 15 is 0 Å². The van der Waals surface area contributed by atoms with E-state index in [9.17, 15) is 13.2 Å². The standard InChI is InChI=1S/C13H11F3N2OSSe/c1-12(2)11-10(17-18-21-11)8-4-3-7(5-9(8)20-12)19-6-13(14,15)16/h3-5H,6H2,1-2H3. The molecule has 0 amide bonds. The van der Waals surface area contributed by atoms with Crippen molar-refractivity contribution in [2.45, 2.75) is 29.7 Å².